The van der Waals surface area contributed by atoms with Crippen LogP contribution < -0.4 is 4.72 Å². The van der Waals surface area contributed by atoms with E-state index in [0.29, 0.717) is 12.8 Å². The third-order valence-corrected chi connectivity index (χ3v) is 3.78. The molecule has 15 heavy (non-hydrogen) atoms. The summed E-state index contributed by atoms with van der Waals surface area (Å²) in [6, 6.07) is 0.0177. The first-order chi connectivity index (χ1) is 7.02. The molecule has 92 valence electrons. The molecule has 0 aliphatic heterocycles. The lowest BCUT2D eigenvalue weighted by atomic mass is 10.2. The van der Waals surface area contributed by atoms with E-state index in [4.69, 9.17) is 5.11 Å². The van der Waals surface area contributed by atoms with Crippen molar-refractivity contribution < 1.29 is 13.5 Å². The van der Waals surface area contributed by atoms with Crippen molar-refractivity contribution in [3.05, 3.63) is 0 Å². The second kappa shape index (κ2) is 8.07. The molecule has 0 heterocycles. The summed E-state index contributed by atoms with van der Waals surface area (Å²) in [6.07, 6.45) is 4.07. The summed E-state index contributed by atoms with van der Waals surface area (Å²) in [5.41, 5.74) is 0. The molecule has 0 saturated heterocycles. The van der Waals surface area contributed by atoms with Gasteiger partial charge in [-0.25, -0.2) is 13.1 Å². The van der Waals surface area contributed by atoms with Gasteiger partial charge in [0, 0.05) is 12.6 Å². The van der Waals surface area contributed by atoms with Gasteiger partial charge in [0.15, 0.2) is 0 Å². The number of hydrogen-bond acceptors (Lipinski definition) is 3. The number of hydrogen-bond donors (Lipinski definition) is 2. The molecule has 0 spiro atoms. The predicted octanol–water partition coefficient (Wildman–Crippen LogP) is 1.26. The van der Waals surface area contributed by atoms with E-state index < -0.39 is 10.0 Å². The highest BCUT2D eigenvalue weighted by atomic mass is 32.2. The van der Waals surface area contributed by atoms with Crippen LogP contribution in [0.3, 0.4) is 0 Å². The first kappa shape index (κ1) is 14.9. The Morgan fingerprint density at radius 3 is 2.47 bits per heavy atom. The molecule has 0 aromatic rings. The molecule has 0 saturated carbocycles. The maximum Gasteiger partial charge on any atom is 0.211 e. The Kier molecular flexibility index (Phi) is 8.00. The zero-order valence-electron chi connectivity index (χ0n) is 9.70. The quantitative estimate of drug-likeness (QED) is 0.593. The second-order valence-corrected chi connectivity index (χ2v) is 5.78. The summed E-state index contributed by atoms with van der Waals surface area (Å²) >= 11 is 0. The van der Waals surface area contributed by atoms with Gasteiger partial charge in [-0.2, -0.15) is 0 Å². The van der Waals surface area contributed by atoms with Crippen molar-refractivity contribution in [2.45, 2.75) is 52.0 Å². The molecule has 0 rings (SSSR count). The molecule has 0 aliphatic rings. The van der Waals surface area contributed by atoms with Gasteiger partial charge in [0.25, 0.3) is 0 Å². The van der Waals surface area contributed by atoms with E-state index in [1.54, 1.807) is 0 Å². The van der Waals surface area contributed by atoms with Crippen LogP contribution in [0, 0.1) is 0 Å². The fourth-order valence-corrected chi connectivity index (χ4v) is 2.77. The van der Waals surface area contributed by atoms with Crippen molar-refractivity contribution >= 4 is 10.0 Å². The summed E-state index contributed by atoms with van der Waals surface area (Å²) < 4.78 is 25.6. The minimum Gasteiger partial charge on any atom is -0.396 e. The molecule has 1 unspecified atom stereocenters. The third-order valence-electron chi connectivity index (χ3n) is 2.19. The van der Waals surface area contributed by atoms with Crippen LogP contribution in [-0.2, 0) is 10.0 Å². The summed E-state index contributed by atoms with van der Waals surface area (Å²) in [7, 11) is -3.14. The van der Waals surface area contributed by atoms with Gasteiger partial charge >= 0.3 is 0 Å². The van der Waals surface area contributed by atoms with Gasteiger partial charge in [-0.15, -0.1) is 0 Å². The molecule has 0 bridgehead atoms. The van der Waals surface area contributed by atoms with Crippen LogP contribution >= 0.6 is 0 Å². The summed E-state index contributed by atoms with van der Waals surface area (Å²) in [6.45, 7) is 4.03. The largest absolute Gasteiger partial charge is 0.396 e. The number of sulfonamides is 1. The third kappa shape index (κ3) is 8.84. The Bertz CT molecular complexity index is 239. The SMILES string of the molecule is CCCCC(C)NS(=O)(=O)CCCCO. The lowest BCUT2D eigenvalue weighted by Gasteiger charge is -2.13. The molecule has 2 N–H and O–H groups in total. The van der Waals surface area contributed by atoms with E-state index in [1.807, 2.05) is 6.92 Å². The fourth-order valence-electron chi connectivity index (χ4n) is 1.34. The molecule has 0 aliphatic carbocycles. The van der Waals surface area contributed by atoms with Crippen LogP contribution in [0.25, 0.3) is 0 Å². The van der Waals surface area contributed by atoms with Crippen molar-refractivity contribution in [2.75, 3.05) is 12.4 Å². The smallest absolute Gasteiger partial charge is 0.211 e. The molecular weight excluding hydrogens is 214 g/mol. The molecule has 1 atom stereocenters. The van der Waals surface area contributed by atoms with Gasteiger partial charge in [0.1, 0.15) is 0 Å². The van der Waals surface area contributed by atoms with Crippen molar-refractivity contribution in [3.63, 3.8) is 0 Å². The standard InChI is InChI=1S/C10H23NO3S/c1-3-4-7-10(2)11-15(13,14)9-6-5-8-12/h10-12H,3-9H2,1-2H3. The van der Waals surface area contributed by atoms with Crippen LogP contribution in [-0.4, -0.2) is 31.9 Å². The molecule has 5 heteroatoms. The van der Waals surface area contributed by atoms with E-state index in [2.05, 4.69) is 11.6 Å². The van der Waals surface area contributed by atoms with E-state index in [9.17, 15) is 8.42 Å². The molecule has 0 aromatic carbocycles. The Morgan fingerprint density at radius 2 is 1.93 bits per heavy atom. The Hall–Kier alpha value is -0.130. The first-order valence-electron chi connectivity index (χ1n) is 5.62. The van der Waals surface area contributed by atoms with Crippen molar-refractivity contribution in [1.29, 1.82) is 0 Å². The predicted molar refractivity (Wildman–Crippen MR) is 62.2 cm³/mol. The summed E-state index contributed by atoms with van der Waals surface area (Å²) in [5, 5.41) is 8.55. The molecule has 0 radical (unpaired) electrons. The van der Waals surface area contributed by atoms with Crippen LogP contribution in [0.15, 0.2) is 0 Å². The lowest BCUT2D eigenvalue weighted by molar-refractivity contribution is 0.287. The van der Waals surface area contributed by atoms with Gasteiger partial charge in [0.05, 0.1) is 5.75 Å². The molecule has 0 amide bonds. The zero-order chi connectivity index (χ0) is 11.7. The molecule has 0 fully saturated rings. The highest BCUT2D eigenvalue weighted by Gasteiger charge is 2.13. The number of unbranched alkanes of at least 4 members (excludes halogenated alkanes) is 2. The number of aliphatic hydroxyl groups is 1. The maximum atomic E-state index is 11.5. The van der Waals surface area contributed by atoms with Crippen LogP contribution in [0.5, 0.6) is 0 Å². The monoisotopic (exact) mass is 237 g/mol. The lowest BCUT2D eigenvalue weighted by Crippen LogP contribution is -2.34. The summed E-state index contributed by atoms with van der Waals surface area (Å²) in [5.74, 6) is 0.115. The number of aliphatic hydroxyl groups excluding tert-OH is 1. The minimum atomic E-state index is -3.14. The van der Waals surface area contributed by atoms with E-state index in [0.717, 1.165) is 19.3 Å². The highest BCUT2D eigenvalue weighted by Crippen LogP contribution is 2.02. The van der Waals surface area contributed by atoms with Gasteiger partial charge in [-0.1, -0.05) is 19.8 Å². The Balaban J connectivity index is 3.81. The number of rotatable bonds is 9. The van der Waals surface area contributed by atoms with Crippen LogP contribution in [0.4, 0.5) is 0 Å². The van der Waals surface area contributed by atoms with Crippen LogP contribution in [0.2, 0.25) is 0 Å². The van der Waals surface area contributed by atoms with Crippen molar-refractivity contribution in [2.24, 2.45) is 0 Å². The first-order valence-corrected chi connectivity index (χ1v) is 7.28. The van der Waals surface area contributed by atoms with Crippen molar-refractivity contribution in [1.82, 2.24) is 4.72 Å². The average Bonchev–Trinajstić information content (AvgIpc) is 2.14. The molecule has 4 nitrogen and oxygen atoms in total. The zero-order valence-corrected chi connectivity index (χ0v) is 10.5. The topological polar surface area (TPSA) is 66.4 Å². The minimum absolute atomic E-state index is 0.0177. The highest BCUT2D eigenvalue weighted by molar-refractivity contribution is 7.89. The van der Waals surface area contributed by atoms with Gasteiger partial charge < -0.3 is 5.11 Å². The van der Waals surface area contributed by atoms with Gasteiger partial charge in [-0.05, 0) is 26.2 Å². The molecular formula is C10H23NO3S. The van der Waals surface area contributed by atoms with Crippen molar-refractivity contribution in [3.8, 4) is 0 Å². The maximum absolute atomic E-state index is 11.5. The Morgan fingerprint density at radius 1 is 1.27 bits per heavy atom. The van der Waals surface area contributed by atoms with E-state index >= 15 is 0 Å². The van der Waals surface area contributed by atoms with Gasteiger partial charge in [-0.3, -0.25) is 0 Å². The second-order valence-electron chi connectivity index (χ2n) is 3.91. The normalized spacial score (nSPS) is 14.1. The van der Waals surface area contributed by atoms with E-state index in [1.165, 1.54) is 0 Å². The summed E-state index contributed by atoms with van der Waals surface area (Å²) in [4.78, 5) is 0. The fraction of sp³-hybridized carbons (Fsp3) is 1.00. The van der Waals surface area contributed by atoms with Crippen LogP contribution in [0.1, 0.15) is 46.0 Å². The van der Waals surface area contributed by atoms with E-state index in [-0.39, 0.29) is 18.4 Å². The molecule has 0 aromatic heterocycles. The average molecular weight is 237 g/mol. The Labute approximate surface area is 93.1 Å². The van der Waals surface area contributed by atoms with Gasteiger partial charge in [0.2, 0.25) is 10.0 Å². The number of nitrogens with one attached hydrogen (secondary N) is 1.